The number of carbonyl (C=O) groups excluding carboxylic acids is 1. The number of piperidine rings is 1. The highest BCUT2D eigenvalue weighted by Gasteiger charge is 2.43. The first kappa shape index (κ1) is 16.7. The number of rotatable bonds is 3. The maximum atomic E-state index is 13.9. The third-order valence-corrected chi connectivity index (χ3v) is 6.24. The molecule has 2 atom stereocenters. The molecular weight excluding hydrogens is 339 g/mol. The molecule has 2 aliphatic heterocycles. The summed E-state index contributed by atoms with van der Waals surface area (Å²) in [7, 11) is 0. The van der Waals surface area contributed by atoms with Crippen LogP contribution >= 0.6 is 11.8 Å². The Kier molecular flexibility index (Phi) is 4.37. The zero-order valence-electron chi connectivity index (χ0n) is 14.4. The summed E-state index contributed by atoms with van der Waals surface area (Å²) < 4.78 is 15.3. The van der Waals surface area contributed by atoms with E-state index in [1.54, 1.807) is 19.1 Å². The summed E-state index contributed by atoms with van der Waals surface area (Å²) in [5, 5.41) is 4.51. The lowest BCUT2D eigenvalue weighted by Crippen LogP contribution is -2.42. The Balaban J connectivity index is 1.68. The highest BCUT2D eigenvalue weighted by atomic mass is 32.2. The van der Waals surface area contributed by atoms with Crippen LogP contribution in [-0.2, 0) is 0 Å². The predicted molar refractivity (Wildman–Crippen MR) is 94.1 cm³/mol. The van der Waals surface area contributed by atoms with Crippen LogP contribution in [0.3, 0.4) is 0 Å². The van der Waals surface area contributed by atoms with Crippen molar-refractivity contribution in [3.63, 3.8) is 0 Å². The van der Waals surface area contributed by atoms with Gasteiger partial charge in [0.25, 0.3) is 5.91 Å². The second kappa shape index (κ2) is 6.53. The molecule has 1 aromatic carbocycles. The Bertz CT molecular complexity index is 800. The molecule has 1 fully saturated rings. The van der Waals surface area contributed by atoms with E-state index >= 15 is 0 Å². The molecule has 0 aliphatic carbocycles. The molecule has 0 bridgehead atoms. The largest absolute Gasteiger partial charge is 0.295 e. The van der Waals surface area contributed by atoms with E-state index in [-0.39, 0.29) is 23.0 Å². The molecule has 2 unspecified atom stereocenters. The third kappa shape index (κ3) is 3.11. The number of hydrogen-bond donors (Lipinski definition) is 0. The van der Waals surface area contributed by atoms with Gasteiger partial charge in [-0.3, -0.25) is 9.69 Å². The smallest absolute Gasteiger partial charge is 0.264 e. The molecule has 5 nitrogen and oxygen atoms in total. The monoisotopic (exact) mass is 360 g/mol. The number of thioether (sulfide) groups is 1. The lowest BCUT2D eigenvalue weighted by Gasteiger charge is -2.38. The molecule has 132 valence electrons. The fourth-order valence-electron chi connectivity index (χ4n) is 3.67. The molecule has 0 N–H and O–H groups in total. The van der Waals surface area contributed by atoms with E-state index in [1.165, 1.54) is 22.5 Å². The molecule has 1 saturated heterocycles. The molecule has 7 heteroatoms. The minimum atomic E-state index is -0.342. The van der Waals surface area contributed by atoms with E-state index in [9.17, 15) is 9.18 Å². The normalized spacial score (nSPS) is 23.0. The van der Waals surface area contributed by atoms with Crippen LogP contribution in [0.2, 0.25) is 0 Å². The Morgan fingerprint density at radius 1 is 1.32 bits per heavy atom. The predicted octanol–water partition coefficient (Wildman–Crippen LogP) is 3.31. The van der Waals surface area contributed by atoms with E-state index < -0.39 is 0 Å². The molecule has 3 heterocycles. The van der Waals surface area contributed by atoms with E-state index in [2.05, 4.69) is 21.9 Å². The number of benzene rings is 1. The minimum Gasteiger partial charge on any atom is -0.295 e. The van der Waals surface area contributed by atoms with Gasteiger partial charge in [0, 0.05) is 0 Å². The first-order chi connectivity index (χ1) is 12.0. The molecule has 2 aliphatic rings. The second-order valence-corrected chi connectivity index (χ2v) is 8.06. The first-order valence-electron chi connectivity index (χ1n) is 8.67. The maximum Gasteiger partial charge on any atom is 0.264 e. The van der Waals surface area contributed by atoms with Crippen molar-refractivity contribution in [2.45, 2.75) is 43.1 Å². The molecule has 0 spiro atoms. The second-order valence-electron chi connectivity index (χ2n) is 6.95. The number of aromatic nitrogens is 3. The number of halogens is 1. The van der Waals surface area contributed by atoms with Crippen LogP contribution < -0.4 is 0 Å². The molecule has 4 rings (SSSR count). The van der Waals surface area contributed by atoms with Gasteiger partial charge in [-0.15, -0.1) is 5.10 Å². The van der Waals surface area contributed by atoms with Crippen LogP contribution in [0.15, 0.2) is 29.4 Å². The van der Waals surface area contributed by atoms with Crippen molar-refractivity contribution < 1.29 is 9.18 Å². The van der Waals surface area contributed by atoms with Crippen molar-refractivity contribution in [3.8, 4) is 0 Å². The maximum absolute atomic E-state index is 13.9. The zero-order valence-corrected chi connectivity index (χ0v) is 15.2. The Labute approximate surface area is 150 Å². The van der Waals surface area contributed by atoms with Crippen molar-refractivity contribution in [1.29, 1.82) is 0 Å². The molecule has 0 saturated carbocycles. The van der Waals surface area contributed by atoms with Crippen LogP contribution in [0.5, 0.6) is 0 Å². The van der Waals surface area contributed by atoms with Crippen LogP contribution in [0.1, 0.15) is 42.0 Å². The fourth-order valence-corrected chi connectivity index (χ4v) is 4.98. The number of likely N-dealkylation sites (tertiary alicyclic amines) is 1. The third-order valence-electron chi connectivity index (χ3n) is 5.06. The highest BCUT2D eigenvalue weighted by Crippen LogP contribution is 2.42. The summed E-state index contributed by atoms with van der Waals surface area (Å²) in [6, 6.07) is 6.47. The lowest BCUT2D eigenvalue weighted by atomic mass is 9.94. The SMILES string of the molecule is Cc1nc2n(n1)C(=O)C(C(c1cccc(F)c1)N1CCC(C)CC1)S2. The van der Waals surface area contributed by atoms with Crippen LogP contribution in [0, 0.1) is 18.7 Å². The number of nitrogens with zero attached hydrogens (tertiary/aromatic N) is 4. The van der Waals surface area contributed by atoms with Crippen LogP contribution in [0.25, 0.3) is 0 Å². The fraction of sp³-hybridized carbons (Fsp3) is 0.500. The summed E-state index contributed by atoms with van der Waals surface area (Å²) in [6.07, 6.45) is 2.19. The number of carbonyl (C=O) groups is 1. The summed E-state index contributed by atoms with van der Waals surface area (Å²) in [4.78, 5) is 19.6. The van der Waals surface area contributed by atoms with Gasteiger partial charge in [-0.25, -0.2) is 9.37 Å². The number of hydrogen-bond acceptors (Lipinski definition) is 5. The van der Waals surface area contributed by atoms with Crippen LogP contribution in [0.4, 0.5) is 4.39 Å². The zero-order chi connectivity index (χ0) is 17.6. The lowest BCUT2D eigenvalue weighted by molar-refractivity contribution is 0.0799. The van der Waals surface area contributed by atoms with Crippen molar-refractivity contribution in [1.82, 2.24) is 19.7 Å². The van der Waals surface area contributed by atoms with Crippen molar-refractivity contribution >= 4 is 17.7 Å². The molecule has 0 amide bonds. The average Bonchev–Trinajstić information content (AvgIpc) is 3.08. The van der Waals surface area contributed by atoms with E-state index in [1.807, 2.05) is 6.07 Å². The highest BCUT2D eigenvalue weighted by molar-refractivity contribution is 8.00. The van der Waals surface area contributed by atoms with Gasteiger partial charge in [-0.2, -0.15) is 4.68 Å². The van der Waals surface area contributed by atoms with Gasteiger partial charge >= 0.3 is 0 Å². The Hall–Kier alpha value is -1.73. The quantitative estimate of drug-likeness (QED) is 0.840. The van der Waals surface area contributed by atoms with E-state index in [4.69, 9.17) is 0 Å². The van der Waals surface area contributed by atoms with Gasteiger partial charge < -0.3 is 0 Å². The number of aryl methyl sites for hydroxylation is 1. The van der Waals surface area contributed by atoms with E-state index in [0.717, 1.165) is 31.5 Å². The Morgan fingerprint density at radius 2 is 2.08 bits per heavy atom. The van der Waals surface area contributed by atoms with Crippen LogP contribution in [-0.4, -0.2) is 43.9 Å². The van der Waals surface area contributed by atoms with Gasteiger partial charge in [0.1, 0.15) is 16.9 Å². The first-order valence-corrected chi connectivity index (χ1v) is 9.55. The molecular formula is C18H21FN4OS. The summed E-state index contributed by atoms with van der Waals surface area (Å²) in [5.41, 5.74) is 0.850. The van der Waals surface area contributed by atoms with E-state index in [0.29, 0.717) is 16.9 Å². The summed E-state index contributed by atoms with van der Waals surface area (Å²) in [6.45, 7) is 5.87. The average molecular weight is 360 g/mol. The standard InChI is InChI=1S/C18H21FN4OS/c1-11-6-8-22(9-7-11)15(13-4-3-5-14(19)10-13)16-17(24)23-18(25-16)20-12(2)21-23/h3-5,10-11,15-16H,6-9H2,1-2H3. The molecule has 0 radical (unpaired) electrons. The topological polar surface area (TPSA) is 51.0 Å². The van der Waals surface area contributed by atoms with Crippen molar-refractivity contribution in [3.05, 3.63) is 41.5 Å². The van der Waals surface area contributed by atoms with Crippen molar-refractivity contribution in [2.75, 3.05) is 13.1 Å². The minimum absolute atomic E-state index is 0.0616. The van der Waals surface area contributed by atoms with Gasteiger partial charge in [0.2, 0.25) is 0 Å². The molecule has 2 aromatic rings. The van der Waals surface area contributed by atoms with Crippen molar-refractivity contribution in [2.24, 2.45) is 5.92 Å². The molecule has 1 aromatic heterocycles. The Morgan fingerprint density at radius 3 is 2.76 bits per heavy atom. The summed E-state index contributed by atoms with van der Waals surface area (Å²) in [5.74, 6) is 0.961. The number of fused-ring (bicyclic) bond motifs is 1. The molecule has 25 heavy (non-hydrogen) atoms. The van der Waals surface area contributed by atoms with Gasteiger partial charge in [-0.05, 0) is 56.5 Å². The van der Waals surface area contributed by atoms with Gasteiger partial charge in [-0.1, -0.05) is 30.8 Å². The van der Waals surface area contributed by atoms with Gasteiger partial charge in [0.05, 0.1) is 6.04 Å². The van der Waals surface area contributed by atoms with Gasteiger partial charge in [0.15, 0.2) is 5.16 Å². The summed E-state index contributed by atoms with van der Waals surface area (Å²) >= 11 is 1.44.